The normalized spacial score (nSPS) is 17.7. The first-order valence-corrected chi connectivity index (χ1v) is 8.35. The minimum atomic E-state index is -0.504. The van der Waals surface area contributed by atoms with E-state index in [0.717, 1.165) is 11.3 Å². The summed E-state index contributed by atoms with van der Waals surface area (Å²) in [6.45, 7) is 2.04. The van der Waals surface area contributed by atoms with Crippen molar-refractivity contribution in [1.29, 1.82) is 0 Å². The Morgan fingerprint density at radius 2 is 2.25 bits per heavy atom. The van der Waals surface area contributed by atoms with E-state index in [9.17, 15) is 9.59 Å². The number of amides is 2. The second-order valence-electron chi connectivity index (χ2n) is 5.34. The number of carbonyl (C=O) groups excluding carboxylic acids is 2. The highest BCUT2D eigenvalue weighted by molar-refractivity contribution is 7.08. The van der Waals surface area contributed by atoms with Crippen molar-refractivity contribution in [2.24, 2.45) is 0 Å². The van der Waals surface area contributed by atoms with Gasteiger partial charge in [0.05, 0.1) is 31.0 Å². The number of ether oxygens (including phenoxy) is 1. The highest BCUT2D eigenvalue weighted by atomic mass is 32.1. The number of esters is 1. The van der Waals surface area contributed by atoms with Gasteiger partial charge in [-0.05, 0) is 41.4 Å². The summed E-state index contributed by atoms with van der Waals surface area (Å²) < 4.78 is 4.94. The fourth-order valence-electron chi connectivity index (χ4n) is 2.69. The number of thiophene rings is 1. The number of pyridine rings is 1. The number of methoxy groups -OCH3 is 1. The van der Waals surface area contributed by atoms with Crippen LogP contribution in [-0.2, 0) is 16.1 Å². The summed E-state index contributed by atoms with van der Waals surface area (Å²) in [6.07, 6.45) is 1.67. The van der Waals surface area contributed by atoms with Crippen molar-refractivity contribution in [1.82, 2.24) is 15.2 Å². The molecule has 0 saturated carbocycles. The van der Waals surface area contributed by atoms with Gasteiger partial charge in [0.2, 0.25) is 0 Å². The Balaban J connectivity index is 2.00. The maximum Gasteiger partial charge on any atom is 0.337 e. The number of urea groups is 1. The van der Waals surface area contributed by atoms with Crippen LogP contribution in [0, 0.1) is 0 Å². The molecule has 7 heteroatoms. The Labute approximate surface area is 143 Å². The summed E-state index contributed by atoms with van der Waals surface area (Å²) in [5, 5.41) is 6.71. The van der Waals surface area contributed by atoms with Crippen LogP contribution in [-0.4, -0.2) is 29.0 Å². The van der Waals surface area contributed by atoms with E-state index in [2.05, 4.69) is 10.3 Å². The molecule has 1 atom stereocenters. The SMILES string of the molecule is COC(=O)C1=C(C)N(Cc2ccccn2)C(=O)N[C@@H]1c1ccsc1. The molecular weight excluding hydrogens is 326 g/mol. The van der Waals surface area contributed by atoms with Crippen molar-refractivity contribution >= 4 is 23.3 Å². The van der Waals surface area contributed by atoms with E-state index in [1.165, 1.54) is 23.3 Å². The molecule has 0 spiro atoms. The van der Waals surface area contributed by atoms with Crippen molar-refractivity contribution in [2.75, 3.05) is 7.11 Å². The van der Waals surface area contributed by atoms with E-state index in [4.69, 9.17) is 4.74 Å². The highest BCUT2D eigenvalue weighted by Crippen LogP contribution is 2.32. The Bertz CT molecular complexity index is 772. The molecule has 3 rings (SSSR count). The molecule has 0 unspecified atom stereocenters. The van der Waals surface area contributed by atoms with Gasteiger partial charge >= 0.3 is 12.0 Å². The van der Waals surface area contributed by atoms with Crippen molar-refractivity contribution < 1.29 is 14.3 Å². The first kappa shape index (κ1) is 16.2. The highest BCUT2D eigenvalue weighted by Gasteiger charge is 2.36. The van der Waals surface area contributed by atoms with E-state index in [-0.39, 0.29) is 12.6 Å². The van der Waals surface area contributed by atoms with Crippen LogP contribution in [0.2, 0.25) is 0 Å². The number of nitrogens with zero attached hydrogens (tertiary/aromatic N) is 2. The summed E-state index contributed by atoms with van der Waals surface area (Å²) in [4.78, 5) is 30.6. The zero-order valence-electron chi connectivity index (χ0n) is 13.4. The topological polar surface area (TPSA) is 71.5 Å². The van der Waals surface area contributed by atoms with E-state index < -0.39 is 12.0 Å². The largest absolute Gasteiger partial charge is 0.466 e. The molecule has 124 valence electrons. The maximum atomic E-state index is 12.6. The lowest BCUT2D eigenvalue weighted by Gasteiger charge is -2.34. The molecule has 0 aliphatic carbocycles. The number of hydrogen-bond acceptors (Lipinski definition) is 5. The van der Waals surface area contributed by atoms with Crippen LogP contribution in [0.1, 0.15) is 24.2 Å². The zero-order valence-corrected chi connectivity index (χ0v) is 14.2. The summed E-state index contributed by atoms with van der Waals surface area (Å²) in [5.74, 6) is -0.449. The molecule has 0 radical (unpaired) electrons. The van der Waals surface area contributed by atoms with Crippen molar-refractivity contribution in [3.63, 3.8) is 0 Å². The third-order valence-corrected chi connectivity index (χ3v) is 4.63. The third kappa shape index (κ3) is 3.03. The number of aromatic nitrogens is 1. The van der Waals surface area contributed by atoms with Crippen molar-refractivity contribution in [3.8, 4) is 0 Å². The molecule has 1 aliphatic heterocycles. The van der Waals surface area contributed by atoms with Crippen LogP contribution in [0.15, 0.2) is 52.5 Å². The zero-order chi connectivity index (χ0) is 17.1. The standard InChI is InChI=1S/C17H17N3O3S/c1-11-14(16(21)23-2)15(12-6-8-24-10-12)19-17(22)20(11)9-13-5-3-4-7-18-13/h3-8,10,15H,9H2,1-2H3,(H,19,22)/t15-/m1/s1. The first-order valence-electron chi connectivity index (χ1n) is 7.41. The van der Waals surface area contributed by atoms with Gasteiger partial charge in [-0.25, -0.2) is 9.59 Å². The number of allylic oxidation sites excluding steroid dienone is 1. The summed E-state index contributed by atoms with van der Waals surface area (Å²) >= 11 is 1.51. The molecule has 0 saturated heterocycles. The van der Waals surface area contributed by atoms with E-state index >= 15 is 0 Å². The van der Waals surface area contributed by atoms with Crippen LogP contribution < -0.4 is 5.32 Å². The van der Waals surface area contributed by atoms with Gasteiger partial charge in [0.1, 0.15) is 0 Å². The predicted octanol–water partition coefficient (Wildman–Crippen LogP) is 2.86. The summed E-state index contributed by atoms with van der Waals surface area (Å²) in [5.41, 5.74) is 2.62. The molecule has 1 N–H and O–H groups in total. The fourth-order valence-corrected chi connectivity index (χ4v) is 3.38. The number of rotatable bonds is 4. The molecule has 0 fully saturated rings. The molecule has 2 aromatic rings. The Kier molecular flexibility index (Phi) is 4.61. The van der Waals surface area contributed by atoms with E-state index in [1.807, 2.05) is 35.0 Å². The minimum absolute atomic E-state index is 0.262. The maximum absolute atomic E-state index is 12.6. The molecule has 6 nitrogen and oxygen atoms in total. The van der Waals surface area contributed by atoms with Gasteiger partial charge in [-0.15, -0.1) is 0 Å². The molecule has 2 aromatic heterocycles. The van der Waals surface area contributed by atoms with Crippen molar-refractivity contribution in [3.05, 3.63) is 63.7 Å². The first-order chi connectivity index (χ1) is 11.6. The Morgan fingerprint density at radius 1 is 1.42 bits per heavy atom. The van der Waals surface area contributed by atoms with Gasteiger partial charge in [-0.1, -0.05) is 6.07 Å². The van der Waals surface area contributed by atoms with Crippen LogP contribution in [0.4, 0.5) is 4.79 Å². The van der Waals surface area contributed by atoms with Crippen LogP contribution in [0.25, 0.3) is 0 Å². The second-order valence-corrected chi connectivity index (χ2v) is 6.12. The monoisotopic (exact) mass is 343 g/mol. The molecule has 0 bridgehead atoms. The van der Waals surface area contributed by atoms with Gasteiger partial charge in [0.15, 0.2) is 0 Å². The van der Waals surface area contributed by atoms with Crippen LogP contribution in [0.3, 0.4) is 0 Å². The second kappa shape index (κ2) is 6.84. The summed E-state index contributed by atoms with van der Waals surface area (Å²) in [7, 11) is 1.34. The molecule has 1 aliphatic rings. The van der Waals surface area contributed by atoms with Gasteiger partial charge in [0, 0.05) is 11.9 Å². The van der Waals surface area contributed by atoms with Gasteiger partial charge in [-0.3, -0.25) is 9.88 Å². The average Bonchev–Trinajstić information content (AvgIpc) is 3.13. The van der Waals surface area contributed by atoms with E-state index in [0.29, 0.717) is 11.3 Å². The molecule has 3 heterocycles. The Morgan fingerprint density at radius 3 is 2.88 bits per heavy atom. The predicted molar refractivity (Wildman–Crippen MR) is 90.1 cm³/mol. The quantitative estimate of drug-likeness (QED) is 0.867. The molecule has 24 heavy (non-hydrogen) atoms. The smallest absolute Gasteiger partial charge is 0.337 e. The Hall–Kier alpha value is -2.67. The lowest BCUT2D eigenvalue weighted by atomic mass is 9.97. The summed E-state index contributed by atoms with van der Waals surface area (Å²) in [6, 6.07) is 6.63. The van der Waals surface area contributed by atoms with Crippen LogP contribution in [0.5, 0.6) is 0 Å². The minimum Gasteiger partial charge on any atom is -0.466 e. The molecule has 0 aromatic carbocycles. The lowest BCUT2D eigenvalue weighted by Crippen LogP contribution is -2.47. The van der Waals surface area contributed by atoms with E-state index in [1.54, 1.807) is 13.1 Å². The van der Waals surface area contributed by atoms with Gasteiger partial charge in [0.25, 0.3) is 0 Å². The van der Waals surface area contributed by atoms with Crippen molar-refractivity contribution in [2.45, 2.75) is 19.5 Å². The fraction of sp³-hybridized carbons (Fsp3) is 0.235. The lowest BCUT2D eigenvalue weighted by molar-refractivity contribution is -0.136. The van der Waals surface area contributed by atoms with Crippen LogP contribution >= 0.6 is 11.3 Å². The third-order valence-electron chi connectivity index (χ3n) is 3.92. The average molecular weight is 343 g/mol. The van der Waals surface area contributed by atoms with Gasteiger partial charge < -0.3 is 10.1 Å². The number of nitrogens with one attached hydrogen (secondary N) is 1. The number of carbonyl (C=O) groups is 2. The molecular formula is C17H17N3O3S. The molecule has 2 amide bonds. The number of hydrogen-bond donors (Lipinski definition) is 1. The van der Waals surface area contributed by atoms with Gasteiger partial charge in [-0.2, -0.15) is 11.3 Å².